The van der Waals surface area contributed by atoms with Crippen LogP contribution in [0.3, 0.4) is 0 Å². The van der Waals surface area contributed by atoms with Gasteiger partial charge in [0.15, 0.2) is 11.9 Å². The SMILES string of the molecule is C[C@H](OC(=O)CCC(=O)c1ccccc1)C(=O)NNC(=O)c1ccccc1. The van der Waals surface area contributed by atoms with Crippen LogP contribution in [0, 0.1) is 0 Å². The first-order chi connectivity index (χ1) is 13.0. The molecule has 2 aromatic rings. The molecular weight excluding hydrogens is 348 g/mol. The Bertz CT molecular complexity index is 806. The highest BCUT2D eigenvalue weighted by Gasteiger charge is 2.19. The molecule has 0 fully saturated rings. The van der Waals surface area contributed by atoms with E-state index in [1.165, 1.54) is 6.92 Å². The van der Waals surface area contributed by atoms with Crippen LogP contribution in [0.1, 0.15) is 40.5 Å². The van der Waals surface area contributed by atoms with Gasteiger partial charge in [0.25, 0.3) is 11.8 Å². The maximum absolute atomic E-state index is 11.9. The first kappa shape index (κ1) is 19.8. The predicted molar refractivity (Wildman–Crippen MR) is 97.6 cm³/mol. The topological polar surface area (TPSA) is 102 Å². The Hall–Kier alpha value is -3.48. The number of nitrogens with one attached hydrogen (secondary N) is 2. The van der Waals surface area contributed by atoms with Crippen molar-refractivity contribution in [2.45, 2.75) is 25.9 Å². The quantitative estimate of drug-likeness (QED) is 0.442. The molecule has 0 radical (unpaired) electrons. The minimum Gasteiger partial charge on any atom is -0.452 e. The number of rotatable bonds is 7. The standard InChI is InChI=1S/C20H20N2O5/c1-14(19(25)21-22-20(26)16-10-6-3-7-11-16)27-18(24)13-12-17(23)15-8-4-2-5-9-15/h2-11,14H,12-13H2,1H3,(H,21,25)(H,22,26)/t14-/m0/s1. The summed E-state index contributed by atoms with van der Waals surface area (Å²) in [6.45, 7) is 1.38. The molecule has 0 saturated carbocycles. The van der Waals surface area contributed by atoms with E-state index < -0.39 is 23.9 Å². The number of ketones is 1. The third-order valence-corrected chi connectivity index (χ3v) is 3.66. The number of amides is 2. The maximum Gasteiger partial charge on any atom is 0.307 e. The van der Waals surface area contributed by atoms with Crippen molar-refractivity contribution in [3.63, 3.8) is 0 Å². The minimum absolute atomic E-state index is 0.0120. The summed E-state index contributed by atoms with van der Waals surface area (Å²) in [5.74, 6) is -2.02. The first-order valence-electron chi connectivity index (χ1n) is 8.40. The Morgan fingerprint density at radius 2 is 1.37 bits per heavy atom. The summed E-state index contributed by atoms with van der Waals surface area (Å²) in [4.78, 5) is 47.5. The summed E-state index contributed by atoms with van der Waals surface area (Å²) in [6.07, 6.45) is -1.26. The molecule has 2 rings (SSSR count). The van der Waals surface area contributed by atoms with E-state index in [4.69, 9.17) is 4.74 Å². The van der Waals surface area contributed by atoms with Gasteiger partial charge in [-0.2, -0.15) is 0 Å². The summed E-state index contributed by atoms with van der Waals surface area (Å²) in [5.41, 5.74) is 5.33. The van der Waals surface area contributed by atoms with E-state index in [1.54, 1.807) is 60.7 Å². The summed E-state index contributed by atoms with van der Waals surface area (Å²) in [6, 6.07) is 16.9. The predicted octanol–water partition coefficient (Wildman–Crippen LogP) is 2.04. The van der Waals surface area contributed by atoms with Crippen LogP contribution in [-0.4, -0.2) is 29.7 Å². The van der Waals surface area contributed by atoms with Gasteiger partial charge < -0.3 is 4.74 Å². The number of ether oxygens (including phenoxy) is 1. The molecule has 1 atom stereocenters. The second kappa shape index (κ2) is 9.86. The monoisotopic (exact) mass is 368 g/mol. The smallest absolute Gasteiger partial charge is 0.307 e. The van der Waals surface area contributed by atoms with Crippen molar-refractivity contribution < 1.29 is 23.9 Å². The zero-order valence-corrected chi connectivity index (χ0v) is 14.8. The Labute approximate surface area is 156 Å². The van der Waals surface area contributed by atoms with Gasteiger partial charge in [-0.25, -0.2) is 0 Å². The number of hydrogen-bond acceptors (Lipinski definition) is 5. The van der Waals surface area contributed by atoms with Crippen LogP contribution < -0.4 is 10.9 Å². The molecule has 0 aromatic heterocycles. The van der Waals surface area contributed by atoms with Crippen molar-refractivity contribution in [3.8, 4) is 0 Å². The first-order valence-corrected chi connectivity index (χ1v) is 8.40. The van der Waals surface area contributed by atoms with E-state index in [1.807, 2.05) is 0 Å². The molecule has 140 valence electrons. The summed E-state index contributed by atoms with van der Waals surface area (Å²) in [7, 11) is 0. The number of hydrazine groups is 1. The maximum atomic E-state index is 11.9. The van der Waals surface area contributed by atoms with Gasteiger partial charge in [0, 0.05) is 17.5 Å². The lowest BCUT2D eigenvalue weighted by Gasteiger charge is -2.14. The zero-order valence-electron chi connectivity index (χ0n) is 14.8. The number of esters is 1. The minimum atomic E-state index is -1.11. The zero-order chi connectivity index (χ0) is 19.6. The van der Waals surface area contributed by atoms with Crippen LogP contribution in [0.15, 0.2) is 60.7 Å². The molecule has 7 heteroatoms. The summed E-state index contributed by atoms with van der Waals surface area (Å²) in [5, 5.41) is 0. The van der Waals surface area contributed by atoms with Crippen LogP contribution in [0.25, 0.3) is 0 Å². The molecular formula is C20H20N2O5. The van der Waals surface area contributed by atoms with E-state index in [0.717, 1.165) is 0 Å². The van der Waals surface area contributed by atoms with Crippen molar-refractivity contribution in [3.05, 3.63) is 71.8 Å². The third-order valence-electron chi connectivity index (χ3n) is 3.66. The van der Waals surface area contributed by atoms with Crippen molar-refractivity contribution in [2.24, 2.45) is 0 Å². The molecule has 7 nitrogen and oxygen atoms in total. The molecule has 0 bridgehead atoms. The fourth-order valence-corrected chi connectivity index (χ4v) is 2.18. The van der Waals surface area contributed by atoms with E-state index >= 15 is 0 Å². The largest absolute Gasteiger partial charge is 0.452 e. The normalized spacial score (nSPS) is 11.1. The molecule has 27 heavy (non-hydrogen) atoms. The number of carbonyl (C=O) groups excluding carboxylic acids is 4. The molecule has 2 amide bonds. The Kier molecular flexibility index (Phi) is 7.25. The third kappa shape index (κ3) is 6.39. The van der Waals surface area contributed by atoms with Gasteiger partial charge in [-0.3, -0.25) is 30.0 Å². The molecule has 0 aliphatic carbocycles. The van der Waals surface area contributed by atoms with Gasteiger partial charge in [0.1, 0.15) is 0 Å². The lowest BCUT2D eigenvalue weighted by molar-refractivity contribution is -0.155. The summed E-state index contributed by atoms with van der Waals surface area (Å²) < 4.78 is 4.98. The highest BCUT2D eigenvalue weighted by molar-refractivity contribution is 5.98. The van der Waals surface area contributed by atoms with Crippen molar-refractivity contribution >= 4 is 23.6 Å². The van der Waals surface area contributed by atoms with Gasteiger partial charge in [0.05, 0.1) is 6.42 Å². The van der Waals surface area contributed by atoms with Crippen molar-refractivity contribution in [1.82, 2.24) is 10.9 Å². The van der Waals surface area contributed by atoms with Gasteiger partial charge in [-0.05, 0) is 19.1 Å². The average Bonchev–Trinajstić information content (AvgIpc) is 2.71. The molecule has 0 heterocycles. The summed E-state index contributed by atoms with van der Waals surface area (Å²) >= 11 is 0. The van der Waals surface area contributed by atoms with Crippen LogP contribution in [-0.2, 0) is 14.3 Å². The van der Waals surface area contributed by atoms with Crippen LogP contribution in [0.4, 0.5) is 0 Å². The molecule has 2 aromatic carbocycles. The van der Waals surface area contributed by atoms with Crippen LogP contribution >= 0.6 is 0 Å². The molecule has 0 spiro atoms. The Morgan fingerprint density at radius 3 is 1.96 bits per heavy atom. The van der Waals surface area contributed by atoms with Gasteiger partial charge in [-0.15, -0.1) is 0 Å². The average molecular weight is 368 g/mol. The number of carbonyl (C=O) groups is 4. The number of benzene rings is 2. The van der Waals surface area contributed by atoms with E-state index in [9.17, 15) is 19.2 Å². The molecule has 0 aliphatic rings. The fraction of sp³-hybridized carbons (Fsp3) is 0.200. The Balaban J connectivity index is 1.72. The lowest BCUT2D eigenvalue weighted by atomic mass is 10.1. The van der Waals surface area contributed by atoms with Crippen LogP contribution in [0.2, 0.25) is 0 Å². The molecule has 0 saturated heterocycles. The lowest BCUT2D eigenvalue weighted by Crippen LogP contribution is -2.46. The van der Waals surface area contributed by atoms with Crippen molar-refractivity contribution in [1.29, 1.82) is 0 Å². The molecule has 0 aliphatic heterocycles. The van der Waals surface area contributed by atoms with E-state index in [-0.39, 0.29) is 18.6 Å². The van der Waals surface area contributed by atoms with E-state index in [2.05, 4.69) is 10.9 Å². The molecule has 2 N–H and O–H groups in total. The second-order valence-corrected chi connectivity index (χ2v) is 5.73. The highest BCUT2D eigenvalue weighted by atomic mass is 16.5. The van der Waals surface area contributed by atoms with Crippen LogP contribution in [0.5, 0.6) is 0 Å². The fourth-order valence-electron chi connectivity index (χ4n) is 2.18. The molecule has 0 unspecified atom stereocenters. The Morgan fingerprint density at radius 1 is 0.815 bits per heavy atom. The highest BCUT2D eigenvalue weighted by Crippen LogP contribution is 2.06. The second-order valence-electron chi connectivity index (χ2n) is 5.73. The van der Waals surface area contributed by atoms with Gasteiger partial charge in [0.2, 0.25) is 0 Å². The van der Waals surface area contributed by atoms with Gasteiger partial charge in [-0.1, -0.05) is 48.5 Å². The number of hydrogen-bond donors (Lipinski definition) is 2. The van der Waals surface area contributed by atoms with E-state index in [0.29, 0.717) is 11.1 Å². The van der Waals surface area contributed by atoms with Crippen molar-refractivity contribution in [2.75, 3.05) is 0 Å². The van der Waals surface area contributed by atoms with Gasteiger partial charge >= 0.3 is 5.97 Å². The number of Topliss-reactive ketones (excluding diaryl/α,β-unsaturated/α-hetero) is 1.